The van der Waals surface area contributed by atoms with Crippen LogP contribution in [0.25, 0.3) is 0 Å². The molecule has 0 aliphatic carbocycles. The van der Waals surface area contributed by atoms with E-state index in [-0.39, 0.29) is 18.1 Å². The molecule has 4 heteroatoms. The molecule has 23 heavy (non-hydrogen) atoms. The highest BCUT2D eigenvalue weighted by Crippen LogP contribution is 2.20. The second-order valence-electron chi connectivity index (χ2n) is 5.92. The molecule has 0 radical (unpaired) electrons. The Hall–Kier alpha value is -2.49. The minimum absolute atomic E-state index is 0.0199. The van der Waals surface area contributed by atoms with Gasteiger partial charge in [-0.05, 0) is 33.1 Å². The van der Waals surface area contributed by atoms with E-state index in [0.717, 1.165) is 17.7 Å². The Morgan fingerprint density at radius 2 is 1.91 bits per heavy atom. The Bertz CT molecular complexity index is 668. The summed E-state index contributed by atoms with van der Waals surface area (Å²) in [7, 11) is 0. The molecule has 2 rings (SSSR count). The molecule has 1 aliphatic rings. The summed E-state index contributed by atoms with van der Waals surface area (Å²) in [4.78, 5) is 24.6. The van der Waals surface area contributed by atoms with Gasteiger partial charge in [-0.1, -0.05) is 42.5 Å². The molecule has 1 aromatic rings. The first kappa shape index (κ1) is 16.9. The maximum absolute atomic E-state index is 12.3. The largest absolute Gasteiger partial charge is 0.294 e. The van der Waals surface area contributed by atoms with Crippen LogP contribution in [0.1, 0.15) is 49.9 Å². The smallest absolute Gasteiger partial charge is 0.271 e. The lowest BCUT2D eigenvalue weighted by molar-refractivity contribution is -0.124. The Morgan fingerprint density at radius 3 is 2.57 bits per heavy atom. The number of Topliss-reactive ketones (excluding diaryl/α,β-unsaturated/α-hetero) is 1. The highest BCUT2D eigenvalue weighted by atomic mass is 16.2. The monoisotopic (exact) mass is 310 g/mol. The van der Waals surface area contributed by atoms with Crippen LogP contribution in [-0.2, 0) is 4.79 Å². The Balaban J connectivity index is 2.19. The fourth-order valence-corrected chi connectivity index (χ4v) is 2.41. The van der Waals surface area contributed by atoms with Crippen molar-refractivity contribution in [1.29, 1.82) is 0 Å². The van der Waals surface area contributed by atoms with Gasteiger partial charge in [0.15, 0.2) is 5.78 Å². The van der Waals surface area contributed by atoms with Crippen LogP contribution in [0, 0.1) is 0 Å². The van der Waals surface area contributed by atoms with Crippen LogP contribution >= 0.6 is 0 Å². The van der Waals surface area contributed by atoms with Gasteiger partial charge in [0.2, 0.25) is 0 Å². The third-order valence-electron chi connectivity index (χ3n) is 3.55. The van der Waals surface area contributed by atoms with E-state index in [1.165, 1.54) is 11.1 Å². The average molecular weight is 310 g/mol. The molecule has 0 saturated carbocycles. The van der Waals surface area contributed by atoms with Gasteiger partial charge in [-0.3, -0.25) is 9.59 Å². The molecule has 0 saturated heterocycles. The predicted molar refractivity (Wildman–Crippen MR) is 92.1 cm³/mol. The topological polar surface area (TPSA) is 49.7 Å². The summed E-state index contributed by atoms with van der Waals surface area (Å²) in [5.41, 5.74) is 2.98. The van der Waals surface area contributed by atoms with Crippen LogP contribution in [0.4, 0.5) is 0 Å². The molecule has 0 fully saturated rings. The van der Waals surface area contributed by atoms with Crippen LogP contribution < -0.4 is 0 Å². The molecule has 1 aromatic carbocycles. The van der Waals surface area contributed by atoms with Crippen molar-refractivity contribution in [2.24, 2.45) is 5.10 Å². The third-order valence-corrected chi connectivity index (χ3v) is 3.55. The Labute approximate surface area is 137 Å². The Morgan fingerprint density at radius 1 is 1.22 bits per heavy atom. The molecule has 1 amide bonds. The van der Waals surface area contributed by atoms with Crippen LogP contribution in [-0.4, -0.2) is 22.4 Å². The van der Waals surface area contributed by atoms with Crippen molar-refractivity contribution in [3.63, 3.8) is 0 Å². The van der Waals surface area contributed by atoms with Gasteiger partial charge >= 0.3 is 0 Å². The maximum atomic E-state index is 12.3. The van der Waals surface area contributed by atoms with E-state index in [9.17, 15) is 9.59 Å². The summed E-state index contributed by atoms with van der Waals surface area (Å²) >= 11 is 0. The number of hydrazone groups is 1. The first-order valence-corrected chi connectivity index (χ1v) is 7.78. The van der Waals surface area contributed by atoms with E-state index in [4.69, 9.17) is 0 Å². The zero-order chi connectivity index (χ0) is 16.8. The highest BCUT2D eigenvalue weighted by molar-refractivity contribution is 6.10. The van der Waals surface area contributed by atoms with Crippen molar-refractivity contribution in [2.75, 3.05) is 0 Å². The van der Waals surface area contributed by atoms with Crippen LogP contribution in [0.2, 0.25) is 0 Å². The van der Waals surface area contributed by atoms with E-state index in [0.29, 0.717) is 24.1 Å². The van der Waals surface area contributed by atoms with Crippen molar-refractivity contribution < 1.29 is 9.59 Å². The molecule has 0 bridgehead atoms. The number of hydrogen-bond acceptors (Lipinski definition) is 3. The van der Waals surface area contributed by atoms with Gasteiger partial charge < -0.3 is 0 Å². The van der Waals surface area contributed by atoms with Gasteiger partial charge in [0, 0.05) is 23.0 Å². The molecule has 120 valence electrons. The molecule has 0 aromatic heterocycles. The van der Waals surface area contributed by atoms with Gasteiger partial charge in [0.1, 0.15) is 0 Å². The minimum Gasteiger partial charge on any atom is -0.294 e. The molecule has 1 aliphatic heterocycles. The zero-order valence-corrected chi connectivity index (χ0v) is 13.7. The number of hydrogen-bond donors (Lipinski definition) is 0. The maximum Gasteiger partial charge on any atom is 0.271 e. The number of carbonyl (C=O) groups excluding carboxylic acids is 2. The lowest BCUT2D eigenvalue weighted by Gasteiger charge is -2.16. The predicted octanol–water partition coefficient (Wildman–Crippen LogP) is 4.11. The number of nitrogens with zero attached hydrogens (tertiary/aromatic N) is 2. The summed E-state index contributed by atoms with van der Waals surface area (Å²) in [5.74, 6) is -0.187. The van der Waals surface area contributed by atoms with E-state index in [1.807, 2.05) is 32.0 Å². The van der Waals surface area contributed by atoms with Crippen LogP contribution in [0.15, 0.2) is 59.4 Å². The number of rotatable bonds is 4. The summed E-state index contributed by atoms with van der Waals surface area (Å²) in [6, 6.07) is 9.16. The second kappa shape index (κ2) is 7.68. The quantitative estimate of drug-likeness (QED) is 0.621. The molecule has 0 N–H and O–H groups in total. The van der Waals surface area contributed by atoms with Crippen molar-refractivity contribution in [2.45, 2.75) is 39.5 Å². The number of amides is 1. The molecule has 4 nitrogen and oxygen atoms in total. The van der Waals surface area contributed by atoms with Crippen molar-refractivity contribution in [3.05, 3.63) is 59.8 Å². The van der Waals surface area contributed by atoms with Gasteiger partial charge in [-0.2, -0.15) is 5.10 Å². The third kappa shape index (κ3) is 4.74. The van der Waals surface area contributed by atoms with E-state index >= 15 is 0 Å². The van der Waals surface area contributed by atoms with Crippen molar-refractivity contribution in [3.8, 4) is 0 Å². The molecule has 0 unspecified atom stereocenters. The molecule has 1 heterocycles. The van der Waals surface area contributed by atoms with Gasteiger partial charge in [-0.25, -0.2) is 5.01 Å². The van der Waals surface area contributed by atoms with E-state index in [2.05, 4.69) is 11.7 Å². The highest BCUT2D eigenvalue weighted by Gasteiger charge is 2.20. The number of allylic oxidation sites excluding steroid dienone is 2. The SMILES string of the molecule is C=C1CCCC(CC(=O)c2ccccc2)=NN1C(=O)C=C(C)C. The van der Waals surface area contributed by atoms with Gasteiger partial charge in [0.25, 0.3) is 5.91 Å². The standard InChI is InChI=1S/C19H22N2O2/c1-14(2)12-19(23)21-15(3)8-7-11-17(20-21)13-18(22)16-9-5-4-6-10-16/h4-6,9-10,12H,3,7-8,11,13H2,1-2H3. The zero-order valence-electron chi connectivity index (χ0n) is 13.7. The Kier molecular flexibility index (Phi) is 5.63. The normalized spacial score (nSPS) is 14.8. The molecular formula is C19H22N2O2. The number of benzene rings is 1. The first-order valence-electron chi connectivity index (χ1n) is 7.78. The van der Waals surface area contributed by atoms with Crippen LogP contribution in [0.5, 0.6) is 0 Å². The lowest BCUT2D eigenvalue weighted by atomic mass is 10.0. The summed E-state index contributed by atoms with van der Waals surface area (Å²) < 4.78 is 0. The molecule has 0 atom stereocenters. The fourth-order valence-electron chi connectivity index (χ4n) is 2.41. The van der Waals surface area contributed by atoms with Gasteiger partial charge in [0.05, 0.1) is 6.42 Å². The fraction of sp³-hybridized carbons (Fsp3) is 0.316. The van der Waals surface area contributed by atoms with Crippen LogP contribution in [0.3, 0.4) is 0 Å². The summed E-state index contributed by atoms with van der Waals surface area (Å²) in [6.45, 7) is 7.67. The van der Waals surface area contributed by atoms with Crippen molar-refractivity contribution in [1.82, 2.24) is 5.01 Å². The molecule has 0 spiro atoms. The summed E-state index contributed by atoms with van der Waals surface area (Å²) in [5, 5.41) is 5.75. The number of carbonyl (C=O) groups is 2. The number of ketones is 1. The minimum atomic E-state index is -0.207. The lowest BCUT2D eigenvalue weighted by Crippen LogP contribution is -2.24. The second-order valence-corrected chi connectivity index (χ2v) is 5.92. The van der Waals surface area contributed by atoms with Gasteiger partial charge in [-0.15, -0.1) is 0 Å². The van der Waals surface area contributed by atoms with E-state index in [1.54, 1.807) is 12.1 Å². The average Bonchev–Trinajstić information content (AvgIpc) is 2.69. The summed E-state index contributed by atoms with van der Waals surface area (Å²) in [6.07, 6.45) is 4.02. The first-order chi connectivity index (χ1) is 11.0. The molecular weight excluding hydrogens is 288 g/mol. The van der Waals surface area contributed by atoms with Crippen molar-refractivity contribution >= 4 is 17.4 Å². The van der Waals surface area contributed by atoms with E-state index < -0.39 is 0 Å².